The Kier molecular flexibility index (Phi) is 10.4. The Balaban J connectivity index is 2.08. The maximum absolute atomic E-state index is 14.0. The molecule has 41 heavy (non-hydrogen) atoms. The van der Waals surface area contributed by atoms with Gasteiger partial charge >= 0.3 is 0 Å². The van der Waals surface area contributed by atoms with Crippen LogP contribution in [0.1, 0.15) is 37.5 Å². The Morgan fingerprint density at radius 3 is 1.93 bits per heavy atom. The molecule has 1 atom stereocenters. The summed E-state index contributed by atoms with van der Waals surface area (Å²) >= 11 is 0. The van der Waals surface area contributed by atoms with Crippen LogP contribution in [0, 0.1) is 13.8 Å². The fraction of sp³-hybridized carbons (Fsp3) is 0.355. The van der Waals surface area contributed by atoms with Crippen LogP contribution >= 0.6 is 0 Å². The first-order valence-corrected chi connectivity index (χ1v) is 14.8. The van der Waals surface area contributed by atoms with Gasteiger partial charge in [-0.1, -0.05) is 47.5 Å². The number of hydrogen-bond donors (Lipinski definition) is 1. The van der Waals surface area contributed by atoms with Gasteiger partial charge in [0.05, 0.1) is 24.8 Å². The molecule has 3 rings (SSSR count). The number of nitrogens with zero attached hydrogens (tertiary/aromatic N) is 2. The summed E-state index contributed by atoms with van der Waals surface area (Å²) in [7, 11) is -1.27. The molecule has 0 unspecified atom stereocenters. The Bertz CT molecular complexity index is 1450. The van der Waals surface area contributed by atoms with E-state index >= 15 is 0 Å². The quantitative estimate of drug-likeness (QED) is 0.339. The first-order valence-electron chi connectivity index (χ1n) is 13.3. The molecule has 3 aromatic rings. The number of sulfonamides is 1. The summed E-state index contributed by atoms with van der Waals surface area (Å²) < 4.78 is 39.8. The highest BCUT2D eigenvalue weighted by Crippen LogP contribution is 2.34. The molecule has 0 aliphatic carbocycles. The van der Waals surface area contributed by atoms with Gasteiger partial charge < -0.3 is 19.7 Å². The first-order chi connectivity index (χ1) is 19.4. The van der Waals surface area contributed by atoms with E-state index in [1.54, 1.807) is 31.2 Å². The van der Waals surface area contributed by atoms with Crippen LogP contribution in [-0.4, -0.2) is 58.0 Å². The van der Waals surface area contributed by atoms with Gasteiger partial charge in [-0.05, 0) is 64.4 Å². The molecule has 0 heterocycles. The van der Waals surface area contributed by atoms with Gasteiger partial charge in [0.15, 0.2) is 11.5 Å². The molecule has 0 fully saturated rings. The van der Waals surface area contributed by atoms with Crippen molar-refractivity contribution in [3.05, 3.63) is 83.4 Å². The van der Waals surface area contributed by atoms with Crippen molar-refractivity contribution in [1.29, 1.82) is 0 Å². The van der Waals surface area contributed by atoms with E-state index in [0.717, 1.165) is 21.0 Å². The van der Waals surface area contributed by atoms with E-state index in [4.69, 9.17) is 9.47 Å². The second-order valence-electron chi connectivity index (χ2n) is 10.2. The fourth-order valence-electron chi connectivity index (χ4n) is 4.22. The number of anilines is 1. The average Bonchev–Trinajstić information content (AvgIpc) is 2.94. The van der Waals surface area contributed by atoms with Gasteiger partial charge in [-0.25, -0.2) is 8.42 Å². The minimum Gasteiger partial charge on any atom is -0.493 e. The van der Waals surface area contributed by atoms with Crippen LogP contribution in [0.3, 0.4) is 0 Å². The van der Waals surface area contributed by atoms with Crippen molar-refractivity contribution in [2.45, 2.75) is 58.1 Å². The van der Waals surface area contributed by atoms with Crippen molar-refractivity contribution in [1.82, 2.24) is 10.2 Å². The molecule has 3 aromatic carbocycles. The lowest BCUT2D eigenvalue weighted by atomic mass is 10.1. The normalized spacial score (nSPS) is 12.0. The highest BCUT2D eigenvalue weighted by atomic mass is 32.2. The summed E-state index contributed by atoms with van der Waals surface area (Å²) in [5, 5.41) is 2.85. The Labute approximate surface area is 243 Å². The molecule has 0 saturated heterocycles. The molecule has 0 spiro atoms. The van der Waals surface area contributed by atoms with E-state index in [1.165, 1.54) is 37.3 Å². The number of rotatable bonds is 12. The van der Waals surface area contributed by atoms with E-state index < -0.39 is 28.5 Å². The standard InChI is InChI=1S/C31H39N3O6S/c1-21(2)32-31(36)24(5)33(19-25-12-8-22(3)9-13-25)30(35)20-34(26-14-17-28(39-6)29(18-26)40-7)41(37,38)27-15-10-23(4)11-16-27/h8-18,21,24H,19-20H2,1-7H3,(H,32,36)/t24-/m1/s1. The Morgan fingerprint density at radius 2 is 1.39 bits per heavy atom. The lowest BCUT2D eigenvalue weighted by Crippen LogP contribution is -2.52. The third-order valence-corrected chi connectivity index (χ3v) is 8.40. The highest BCUT2D eigenvalue weighted by Gasteiger charge is 2.33. The number of carbonyl (C=O) groups excluding carboxylic acids is 2. The maximum Gasteiger partial charge on any atom is 0.264 e. The zero-order valence-electron chi connectivity index (χ0n) is 24.7. The molecule has 9 nitrogen and oxygen atoms in total. The van der Waals surface area contributed by atoms with Crippen LogP contribution in [0.5, 0.6) is 11.5 Å². The fourth-order valence-corrected chi connectivity index (χ4v) is 5.63. The summed E-state index contributed by atoms with van der Waals surface area (Å²) in [6.45, 7) is 8.71. The number of nitrogens with one attached hydrogen (secondary N) is 1. The molecule has 2 amide bonds. The SMILES string of the molecule is COc1ccc(N(CC(=O)N(Cc2ccc(C)cc2)[C@H](C)C(=O)NC(C)C)S(=O)(=O)c2ccc(C)cc2)cc1OC. The molecule has 10 heteroatoms. The minimum atomic E-state index is -4.20. The molecule has 0 bridgehead atoms. The van der Waals surface area contributed by atoms with Crippen molar-refractivity contribution in [2.75, 3.05) is 25.1 Å². The first kappa shape index (κ1) is 31.5. The van der Waals surface area contributed by atoms with Crippen LogP contribution in [0.25, 0.3) is 0 Å². The predicted octanol–water partition coefficient (Wildman–Crippen LogP) is 4.46. The second kappa shape index (κ2) is 13.5. The maximum atomic E-state index is 14.0. The number of aryl methyl sites for hydroxylation is 2. The van der Waals surface area contributed by atoms with Crippen LogP contribution < -0.4 is 19.1 Å². The molecule has 0 aromatic heterocycles. The van der Waals surface area contributed by atoms with Gasteiger partial charge in [-0.15, -0.1) is 0 Å². The van der Waals surface area contributed by atoms with Crippen LogP contribution in [0.15, 0.2) is 71.6 Å². The van der Waals surface area contributed by atoms with Crippen LogP contribution in [0.4, 0.5) is 5.69 Å². The third-order valence-electron chi connectivity index (χ3n) is 6.61. The monoisotopic (exact) mass is 581 g/mol. The summed E-state index contributed by atoms with van der Waals surface area (Å²) in [5.74, 6) is -0.153. The molecule has 0 aliphatic rings. The molecule has 220 valence electrons. The van der Waals surface area contributed by atoms with Crippen molar-refractivity contribution in [2.24, 2.45) is 0 Å². The van der Waals surface area contributed by atoms with E-state index in [9.17, 15) is 18.0 Å². The Hall–Kier alpha value is -4.05. The van der Waals surface area contributed by atoms with Gasteiger partial charge in [0.1, 0.15) is 12.6 Å². The van der Waals surface area contributed by atoms with E-state index in [1.807, 2.05) is 52.0 Å². The zero-order valence-corrected chi connectivity index (χ0v) is 25.5. The molecule has 0 aliphatic heterocycles. The molecular weight excluding hydrogens is 542 g/mol. The lowest BCUT2D eigenvalue weighted by molar-refractivity contribution is -0.139. The van der Waals surface area contributed by atoms with Gasteiger partial charge in [0.25, 0.3) is 10.0 Å². The van der Waals surface area contributed by atoms with Crippen LogP contribution in [-0.2, 0) is 26.2 Å². The van der Waals surface area contributed by atoms with Crippen molar-refractivity contribution in [3.8, 4) is 11.5 Å². The molecular formula is C31H39N3O6S. The van der Waals surface area contributed by atoms with Crippen LogP contribution in [0.2, 0.25) is 0 Å². The molecule has 1 N–H and O–H groups in total. The summed E-state index contributed by atoms with van der Waals surface area (Å²) in [6.07, 6.45) is 0. The van der Waals surface area contributed by atoms with Crippen molar-refractivity contribution in [3.63, 3.8) is 0 Å². The van der Waals surface area contributed by atoms with E-state index in [2.05, 4.69) is 5.32 Å². The Morgan fingerprint density at radius 1 is 0.829 bits per heavy atom. The van der Waals surface area contributed by atoms with E-state index in [-0.39, 0.29) is 29.1 Å². The summed E-state index contributed by atoms with van der Waals surface area (Å²) in [5.41, 5.74) is 2.98. The second-order valence-corrected chi connectivity index (χ2v) is 12.1. The third kappa shape index (κ3) is 7.79. The zero-order chi connectivity index (χ0) is 30.3. The minimum absolute atomic E-state index is 0.0290. The van der Waals surface area contributed by atoms with Gasteiger partial charge in [-0.3, -0.25) is 13.9 Å². The topological polar surface area (TPSA) is 105 Å². The predicted molar refractivity (Wildman–Crippen MR) is 160 cm³/mol. The average molecular weight is 582 g/mol. The number of benzene rings is 3. The number of hydrogen-bond acceptors (Lipinski definition) is 6. The largest absolute Gasteiger partial charge is 0.493 e. The number of carbonyl (C=O) groups is 2. The van der Waals surface area contributed by atoms with Crippen molar-refractivity contribution < 1.29 is 27.5 Å². The number of methoxy groups -OCH3 is 2. The van der Waals surface area contributed by atoms with Gasteiger partial charge in [0, 0.05) is 18.7 Å². The smallest absolute Gasteiger partial charge is 0.264 e. The number of amides is 2. The number of ether oxygens (including phenoxy) is 2. The molecule has 0 saturated carbocycles. The highest BCUT2D eigenvalue weighted by molar-refractivity contribution is 7.92. The summed E-state index contributed by atoms with van der Waals surface area (Å²) in [4.78, 5) is 28.5. The lowest BCUT2D eigenvalue weighted by Gasteiger charge is -2.32. The molecule has 0 radical (unpaired) electrons. The van der Waals surface area contributed by atoms with E-state index in [0.29, 0.717) is 11.5 Å². The van der Waals surface area contributed by atoms with Crippen molar-refractivity contribution >= 4 is 27.5 Å². The van der Waals surface area contributed by atoms with Gasteiger partial charge in [-0.2, -0.15) is 0 Å². The summed E-state index contributed by atoms with van der Waals surface area (Å²) in [6, 6.07) is 17.7. The van der Waals surface area contributed by atoms with Gasteiger partial charge in [0.2, 0.25) is 11.8 Å².